The Bertz CT molecular complexity index is 1080. The Hall–Kier alpha value is -2.59. The van der Waals surface area contributed by atoms with Crippen LogP contribution in [-0.4, -0.2) is 40.9 Å². The number of amides is 1. The van der Waals surface area contributed by atoms with Gasteiger partial charge in [0.15, 0.2) is 0 Å². The number of rotatable bonds is 3. The van der Waals surface area contributed by atoms with Gasteiger partial charge in [0.1, 0.15) is 0 Å². The number of carbonyl (C=O) groups is 1. The van der Waals surface area contributed by atoms with E-state index in [4.69, 9.17) is 0 Å². The lowest BCUT2D eigenvalue weighted by Crippen LogP contribution is -2.57. The van der Waals surface area contributed by atoms with E-state index in [1.54, 1.807) is 0 Å². The molecule has 2 bridgehead atoms. The number of nitrogens with zero attached hydrogens (tertiary/aromatic N) is 2. The fraction of sp³-hybridized carbons (Fsp3) is 0.423. The van der Waals surface area contributed by atoms with E-state index >= 15 is 0 Å². The van der Waals surface area contributed by atoms with Crippen LogP contribution in [0.15, 0.2) is 54.9 Å². The first-order chi connectivity index (χ1) is 14.4. The van der Waals surface area contributed by atoms with E-state index in [1.165, 1.54) is 37.1 Å². The maximum Gasteiger partial charge on any atom is 0.253 e. The molecule has 30 heavy (non-hydrogen) atoms. The van der Waals surface area contributed by atoms with E-state index in [0.29, 0.717) is 12.0 Å². The lowest BCUT2D eigenvalue weighted by Gasteiger charge is -2.44. The summed E-state index contributed by atoms with van der Waals surface area (Å²) in [4.78, 5) is 15.4. The highest BCUT2D eigenvalue weighted by molar-refractivity contribution is 5.96. The summed E-state index contributed by atoms with van der Waals surface area (Å²) in [6.07, 6.45) is 6.50. The minimum atomic E-state index is 0.0497. The topological polar surface area (TPSA) is 36.8 Å². The van der Waals surface area contributed by atoms with Crippen LogP contribution in [0, 0.1) is 5.92 Å². The van der Waals surface area contributed by atoms with Crippen LogP contribution in [0.25, 0.3) is 16.6 Å². The molecule has 1 atom stereocenters. The molecule has 4 heteroatoms. The summed E-state index contributed by atoms with van der Waals surface area (Å²) in [6, 6.07) is 15.3. The largest absolute Gasteiger partial charge is 0.348 e. The molecular weight excluding hydrogens is 370 g/mol. The van der Waals surface area contributed by atoms with Crippen molar-refractivity contribution >= 4 is 11.4 Å². The van der Waals surface area contributed by atoms with Gasteiger partial charge in [0.05, 0.1) is 5.56 Å². The number of hydrogen-bond donors (Lipinski definition) is 1. The molecule has 0 spiro atoms. The highest BCUT2D eigenvalue weighted by Crippen LogP contribution is 2.29. The monoisotopic (exact) mass is 401 g/mol. The van der Waals surface area contributed by atoms with Crippen molar-refractivity contribution in [2.75, 3.05) is 19.6 Å². The smallest absolute Gasteiger partial charge is 0.253 e. The van der Waals surface area contributed by atoms with Crippen molar-refractivity contribution in [3.8, 4) is 11.1 Å². The molecule has 1 aromatic carbocycles. The Kier molecular flexibility index (Phi) is 4.70. The number of carbonyl (C=O) groups excluding carboxylic acids is 1. The lowest BCUT2D eigenvalue weighted by atomic mass is 9.84. The Labute approximate surface area is 178 Å². The molecule has 3 aliphatic heterocycles. The van der Waals surface area contributed by atoms with E-state index in [1.807, 2.05) is 12.3 Å². The van der Waals surface area contributed by atoms with Gasteiger partial charge in [-0.1, -0.05) is 51.1 Å². The van der Waals surface area contributed by atoms with Gasteiger partial charge in [0.2, 0.25) is 0 Å². The summed E-state index contributed by atoms with van der Waals surface area (Å²) in [6.45, 7) is 10.1. The molecule has 0 aliphatic carbocycles. The fourth-order valence-electron chi connectivity index (χ4n) is 4.95. The second-order valence-electron chi connectivity index (χ2n) is 10.0. The standard InChI is InChI=1S/C26H31N3O/c1-26(2,3)22-6-4-5-19(13-22)20-7-8-23-14-21(16-29(23)15-20)25(30)27-24-17-28-11-9-18(24)10-12-28/h4-8,13-16,18,24H,9-12,17H2,1-3H3,(H,27,30)/t24-/m0/s1. The number of benzene rings is 1. The third kappa shape index (κ3) is 3.65. The van der Waals surface area contributed by atoms with Gasteiger partial charge < -0.3 is 14.6 Å². The number of hydrogen-bond acceptors (Lipinski definition) is 2. The second-order valence-corrected chi connectivity index (χ2v) is 10.0. The van der Waals surface area contributed by atoms with Gasteiger partial charge in [-0.2, -0.15) is 0 Å². The van der Waals surface area contributed by atoms with Crippen molar-refractivity contribution in [3.05, 3.63) is 66.0 Å². The highest BCUT2D eigenvalue weighted by atomic mass is 16.1. The number of piperidine rings is 3. The van der Waals surface area contributed by atoms with Gasteiger partial charge in [-0.3, -0.25) is 4.79 Å². The number of aromatic nitrogens is 1. The summed E-state index contributed by atoms with van der Waals surface area (Å²) in [5, 5.41) is 3.30. The summed E-state index contributed by atoms with van der Waals surface area (Å²) in [5.74, 6) is 0.686. The zero-order valence-corrected chi connectivity index (χ0v) is 18.2. The van der Waals surface area contributed by atoms with Gasteiger partial charge in [-0.15, -0.1) is 0 Å². The average Bonchev–Trinajstić information content (AvgIpc) is 3.18. The summed E-state index contributed by atoms with van der Waals surface area (Å²) < 4.78 is 2.07. The first-order valence-electron chi connectivity index (χ1n) is 11.1. The first kappa shape index (κ1) is 19.4. The Morgan fingerprint density at radius 3 is 2.50 bits per heavy atom. The van der Waals surface area contributed by atoms with E-state index < -0.39 is 0 Å². The van der Waals surface area contributed by atoms with Gasteiger partial charge in [0.25, 0.3) is 5.91 Å². The fourth-order valence-corrected chi connectivity index (χ4v) is 4.95. The number of nitrogens with one attached hydrogen (secondary N) is 1. The molecule has 156 valence electrons. The van der Waals surface area contributed by atoms with Gasteiger partial charge in [0, 0.05) is 30.5 Å². The molecule has 0 radical (unpaired) electrons. The summed E-state index contributed by atoms with van der Waals surface area (Å²) in [7, 11) is 0. The van der Waals surface area contributed by atoms with Crippen LogP contribution in [0.1, 0.15) is 49.5 Å². The van der Waals surface area contributed by atoms with Crippen molar-refractivity contribution in [1.29, 1.82) is 0 Å². The molecule has 0 unspecified atom stereocenters. The molecule has 4 nitrogen and oxygen atoms in total. The maximum absolute atomic E-state index is 12.9. The molecule has 5 heterocycles. The van der Waals surface area contributed by atoms with Crippen LogP contribution < -0.4 is 5.32 Å². The van der Waals surface area contributed by atoms with E-state index in [2.05, 4.69) is 78.0 Å². The van der Waals surface area contributed by atoms with Gasteiger partial charge in [-0.25, -0.2) is 0 Å². The minimum absolute atomic E-state index is 0.0497. The van der Waals surface area contributed by atoms with Crippen molar-refractivity contribution in [2.45, 2.75) is 45.1 Å². The molecule has 0 saturated carbocycles. The van der Waals surface area contributed by atoms with Crippen LogP contribution in [0.2, 0.25) is 0 Å². The van der Waals surface area contributed by atoms with E-state index in [0.717, 1.165) is 23.2 Å². The third-order valence-electron chi connectivity index (χ3n) is 6.89. The lowest BCUT2D eigenvalue weighted by molar-refractivity contribution is 0.0620. The normalized spacial score (nSPS) is 23.6. The molecule has 3 aliphatic rings. The summed E-state index contributed by atoms with van der Waals surface area (Å²) in [5.41, 5.74) is 5.60. The molecular formula is C26H31N3O. The summed E-state index contributed by atoms with van der Waals surface area (Å²) >= 11 is 0. The average molecular weight is 402 g/mol. The maximum atomic E-state index is 12.9. The molecule has 1 amide bonds. The van der Waals surface area contributed by atoms with Crippen LogP contribution in [0.5, 0.6) is 0 Å². The SMILES string of the molecule is CC(C)(C)c1cccc(-c2ccc3cc(C(=O)N[C@H]4CN5CCC4CC5)cn3c2)c1. The molecule has 2 aromatic heterocycles. The minimum Gasteiger partial charge on any atom is -0.348 e. The van der Waals surface area contributed by atoms with Crippen molar-refractivity contribution in [2.24, 2.45) is 5.92 Å². The van der Waals surface area contributed by atoms with Gasteiger partial charge >= 0.3 is 0 Å². The molecule has 1 N–H and O–H groups in total. The van der Waals surface area contributed by atoms with Crippen molar-refractivity contribution in [3.63, 3.8) is 0 Å². The predicted molar refractivity (Wildman–Crippen MR) is 122 cm³/mol. The second kappa shape index (κ2) is 7.28. The van der Waals surface area contributed by atoms with Crippen LogP contribution in [0.3, 0.4) is 0 Å². The highest BCUT2D eigenvalue weighted by Gasteiger charge is 2.35. The predicted octanol–water partition coefficient (Wildman–Crippen LogP) is 4.73. The van der Waals surface area contributed by atoms with E-state index in [-0.39, 0.29) is 11.3 Å². The third-order valence-corrected chi connectivity index (χ3v) is 6.89. The quantitative estimate of drug-likeness (QED) is 0.689. The van der Waals surface area contributed by atoms with Crippen LogP contribution in [-0.2, 0) is 5.41 Å². The molecule has 3 saturated heterocycles. The number of pyridine rings is 1. The zero-order valence-electron chi connectivity index (χ0n) is 18.2. The molecule has 3 aromatic rings. The Morgan fingerprint density at radius 1 is 1.00 bits per heavy atom. The zero-order chi connectivity index (χ0) is 20.9. The first-order valence-corrected chi connectivity index (χ1v) is 11.1. The van der Waals surface area contributed by atoms with Crippen molar-refractivity contribution in [1.82, 2.24) is 14.6 Å². The Balaban J connectivity index is 1.38. The Morgan fingerprint density at radius 2 is 1.80 bits per heavy atom. The van der Waals surface area contributed by atoms with Crippen molar-refractivity contribution < 1.29 is 4.79 Å². The van der Waals surface area contributed by atoms with Gasteiger partial charge in [-0.05, 0) is 66.1 Å². The number of fused-ring (bicyclic) bond motifs is 4. The molecule has 3 fully saturated rings. The van der Waals surface area contributed by atoms with Crippen LogP contribution in [0.4, 0.5) is 0 Å². The van der Waals surface area contributed by atoms with Crippen LogP contribution >= 0.6 is 0 Å². The molecule has 6 rings (SSSR count). The van der Waals surface area contributed by atoms with E-state index in [9.17, 15) is 4.79 Å².